The number of hydrogen-bond donors (Lipinski definition) is 2. The molecule has 3 heterocycles. The second kappa shape index (κ2) is 8.46. The number of aromatic nitrogens is 1. The summed E-state index contributed by atoms with van der Waals surface area (Å²) in [5.41, 5.74) is 2.55. The highest BCUT2D eigenvalue weighted by molar-refractivity contribution is 6.21. The molecule has 1 unspecified atom stereocenters. The van der Waals surface area contributed by atoms with Gasteiger partial charge in [0.15, 0.2) is 11.5 Å². The van der Waals surface area contributed by atoms with E-state index < -0.39 is 23.5 Å². The lowest BCUT2D eigenvalue weighted by atomic mass is 9.94. The first-order valence-electron chi connectivity index (χ1n) is 11.7. The maximum absolute atomic E-state index is 13.8. The minimum atomic E-state index is -0.883. The molecule has 1 atom stereocenters. The van der Waals surface area contributed by atoms with Crippen molar-refractivity contribution in [2.45, 2.75) is 13.0 Å². The first kappa shape index (κ1) is 21.7. The van der Waals surface area contributed by atoms with Crippen LogP contribution in [0.2, 0.25) is 0 Å². The number of fused-ring (bicyclic) bond motifs is 2. The molecule has 178 valence electrons. The number of benzene rings is 3. The third-order valence-corrected chi connectivity index (χ3v) is 6.42. The van der Waals surface area contributed by atoms with Gasteiger partial charge in [0.05, 0.1) is 18.2 Å². The van der Waals surface area contributed by atoms with Gasteiger partial charge in [-0.2, -0.15) is 0 Å². The lowest BCUT2D eigenvalue weighted by molar-refractivity contribution is -0.117. The van der Waals surface area contributed by atoms with Gasteiger partial charge in [-0.1, -0.05) is 42.5 Å². The van der Waals surface area contributed by atoms with Gasteiger partial charge in [-0.15, -0.1) is 0 Å². The summed E-state index contributed by atoms with van der Waals surface area (Å²) in [6.45, 7) is 2.34. The van der Waals surface area contributed by atoms with E-state index in [9.17, 15) is 14.7 Å². The minimum Gasteiger partial charge on any atom is -0.503 e. The number of para-hydroxylation sites is 2. The Kier molecular flexibility index (Phi) is 5.11. The number of hydrogen-bond acceptors (Lipinski definition) is 5. The fourth-order valence-electron chi connectivity index (χ4n) is 4.83. The number of ketones is 1. The van der Waals surface area contributed by atoms with E-state index in [4.69, 9.17) is 9.15 Å². The quantitative estimate of drug-likeness (QED) is 0.288. The number of rotatable bonds is 6. The molecule has 0 radical (unpaired) electrons. The van der Waals surface area contributed by atoms with E-state index in [1.54, 1.807) is 42.6 Å². The average molecular weight is 479 g/mol. The molecule has 0 aliphatic carbocycles. The second-order valence-corrected chi connectivity index (χ2v) is 8.54. The molecule has 0 bridgehead atoms. The van der Waals surface area contributed by atoms with Crippen molar-refractivity contribution in [2.24, 2.45) is 0 Å². The van der Waals surface area contributed by atoms with Gasteiger partial charge in [0.25, 0.3) is 5.91 Å². The number of aromatic amines is 1. The average Bonchev–Trinajstić information content (AvgIpc) is 3.58. The normalized spacial score (nSPS) is 15.9. The summed E-state index contributed by atoms with van der Waals surface area (Å²) < 4.78 is 11.5. The molecule has 0 fully saturated rings. The van der Waals surface area contributed by atoms with Crippen LogP contribution in [0.5, 0.6) is 5.75 Å². The van der Waals surface area contributed by atoms with E-state index >= 15 is 0 Å². The number of carbonyl (C=O) groups excluding carboxylic acids is 2. The third-order valence-electron chi connectivity index (χ3n) is 6.42. The van der Waals surface area contributed by atoms with Crippen molar-refractivity contribution in [2.75, 3.05) is 11.5 Å². The summed E-state index contributed by atoms with van der Waals surface area (Å²) in [4.78, 5) is 32.0. The highest BCUT2D eigenvalue weighted by Gasteiger charge is 2.46. The Morgan fingerprint density at radius 2 is 1.86 bits per heavy atom. The van der Waals surface area contributed by atoms with Gasteiger partial charge in [-0.05, 0) is 37.3 Å². The number of ether oxygens (including phenoxy) is 1. The SMILES string of the molecule is CCOc1cccc(N2C(=O)C(O)=C(C(=O)c3cc4ccccc4o3)C2c2c[nH]c3ccccc23)c1. The van der Waals surface area contributed by atoms with Crippen LogP contribution in [-0.2, 0) is 4.79 Å². The van der Waals surface area contributed by atoms with Gasteiger partial charge in [0.1, 0.15) is 11.3 Å². The number of anilines is 1. The zero-order valence-electron chi connectivity index (χ0n) is 19.4. The maximum Gasteiger partial charge on any atom is 0.294 e. The fourth-order valence-corrected chi connectivity index (χ4v) is 4.83. The lowest BCUT2D eigenvalue weighted by Crippen LogP contribution is -2.31. The minimum absolute atomic E-state index is 0.0365. The summed E-state index contributed by atoms with van der Waals surface area (Å²) in [7, 11) is 0. The predicted octanol–water partition coefficient (Wildman–Crippen LogP) is 6.10. The van der Waals surface area contributed by atoms with Crippen LogP contribution in [0.1, 0.15) is 29.1 Å². The monoisotopic (exact) mass is 478 g/mol. The predicted molar refractivity (Wildman–Crippen MR) is 136 cm³/mol. The van der Waals surface area contributed by atoms with Crippen molar-refractivity contribution in [1.29, 1.82) is 0 Å². The summed E-state index contributed by atoms with van der Waals surface area (Å²) in [6.07, 6.45) is 1.77. The standard InChI is InChI=1S/C29H22N2O5/c1-2-35-19-10-7-9-18(15-19)31-26(21-16-30-22-12-5-4-11-20(21)22)25(28(33)29(31)34)27(32)24-14-17-8-3-6-13-23(17)36-24/h3-16,26,30,33H,2H2,1H3. The van der Waals surface area contributed by atoms with E-state index in [0.717, 1.165) is 16.3 Å². The Morgan fingerprint density at radius 3 is 2.69 bits per heavy atom. The Balaban J connectivity index is 1.54. The first-order valence-corrected chi connectivity index (χ1v) is 11.7. The fraction of sp³-hybridized carbons (Fsp3) is 0.103. The van der Waals surface area contributed by atoms with E-state index in [2.05, 4.69) is 4.98 Å². The Hall–Kier alpha value is -4.78. The number of furan rings is 1. The number of nitrogens with zero attached hydrogens (tertiary/aromatic N) is 1. The maximum atomic E-state index is 13.8. The van der Waals surface area contributed by atoms with Crippen LogP contribution >= 0.6 is 0 Å². The molecule has 6 rings (SSSR count). The van der Waals surface area contributed by atoms with E-state index in [-0.39, 0.29) is 11.3 Å². The molecule has 0 saturated carbocycles. The number of aliphatic hydroxyl groups is 1. The van der Waals surface area contributed by atoms with Gasteiger partial charge in [-0.3, -0.25) is 14.5 Å². The third kappa shape index (κ3) is 3.36. The van der Waals surface area contributed by atoms with Crippen LogP contribution in [0.3, 0.4) is 0 Å². The molecule has 7 nitrogen and oxygen atoms in total. The molecule has 0 saturated heterocycles. The van der Waals surface area contributed by atoms with E-state index in [1.807, 2.05) is 49.4 Å². The number of Topliss-reactive ketones (excluding diaryl/α,β-unsaturated/α-hetero) is 1. The smallest absolute Gasteiger partial charge is 0.294 e. The number of H-pyrrole nitrogens is 1. The number of amides is 1. The van der Waals surface area contributed by atoms with Crippen LogP contribution < -0.4 is 9.64 Å². The van der Waals surface area contributed by atoms with Gasteiger partial charge in [0, 0.05) is 39.8 Å². The largest absolute Gasteiger partial charge is 0.503 e. The summed E-state index contributed by atoms with van der Waals surface area (Å²) in [5.74, 6) is -1.18. The first-order chi connectivity index (χ1) is 17.6. The van der Waals surface area contributed by atoms with Gasteiger partial charge in [0.2, 0.25) is 5.78 Å². The van der Waals surface area contributed by atoms with Crippen molar-refractivity contribution >= 4 is 39.2 Å². The van der Waals surface area contributed by atoms with Crippen molar-refractivity contribution in [3.05, 3.63) is 108 Å². The summed E-state index contributed by atoms with van der Waals surface area (Å²) >= 11 is 0. The molecular formula is C29H22N2O5. The van der Waals surface area contributed by atoms with E-state index in [0.29, 0.717) is 29.2 Å². The van der Waals surface area contributed by atoms with Crippen molar-refractivity contribution in [3.8, 4) is 5.75 Å². The highest BCUT2D eigenvalue weighted by atomic mass is 16.5. The molecule has 2 aromatic heterocycles. The summed E-state index contributed by atoms with van der Waals surface area (Å²) in [6, 6.07) is 22.7. The Bertz CT molecular complexity index is 1640. The zero-order chi connectivity index (χ0) is 24.8. The topological polar surface area (TPSA) is 95.8 Å². The van der Waals surface area contributed by atoms with Crippen LogP contribution in [0, 0.1) is 0 Å². The highest BCUT2D eigenvalue weighted by Crippen LogP contribution is 2.44. The molecule has 5 aromatic rings. The molecule has 2 N–H and O–H groups in total. The molecule has 1 aliphatic heterocycles. The number of nitrogens with one attached hydrogen (secondary N) is 1. The lowest BCUT2D eigenvalue weighted by Gasteiger charge is -2.26. The molecule has 36 heavy (non-hydrogen) atoms. The molecular weight excluding hydrogens is 456 g/mol. The Labute approximate surface area is 206 Å². The van der Waals surface area contributed by atoms with Crippen molar-refractivity contribution in [3.63, 3.8) is 0 Å². The van der Waals surface area contributed by atoms with Crippen LogP contribution in [0.4, 0.5) is 5.69 Å². The van der Waals surface area contributed by atoms with Crippen LogP contribution in [-0.4, -0.2) is 28.4 Å². The summed E-state index contributed by atoms with van der Waals surface area (Å²) in [5, 5.41) is 12.7. The second-order valence-electron chi connectivity index (χ2n) is 8.54. The molecule has 0 spiro atoms. The van der Waals surface area contributed by atoms with Gasteiger partial charge < -0.3 is 19.2 Å². The zero-order valence-corrected chi connectivity index (χ0v) is 19.4. The van der Waals surface area contributed by atoms with Gasteiger partial charge in [-0.25, -0.2) is 0 Å². The van der Waals surface area contributed by atoms with Crippen LogP contribution in [0.15, 0.2) is 101 Å². The van der Waals surface area contributed by atoms with Gasteiger partial charge >= 0.3 is 0 Å². The molecule has 1 aliphatic rings. The number of carbonyl (C=O) groups is 2. The molecule has 1 amide bonds. The van der Waals surface area contributed by atoms with Crippen molar-refractivity contribution in [1.82, 2.24) is 4.98 Å². The Morgan fingerprint density at radius 1 is 1.06 bits per heavy atom. The number of aliphatic hydroxyl groups excluding tert-OH is 1. The molecule has 3 aromatic carbocycles. The van der Waals surface area contributed by atoms with E-state index in [1.165, 1.54) is 4.90 Å². The van der Waals surface area contributed by atoms with Crippen molar-refractivity contribution < 1.29 is 23.8 Å². The molecule has 7 heteroatoms. The van der Waals surface area contributed by atoms with Crippen LogP contribution in [0.25, 0.3) is 21.9 Å².